The third-order valence-electron chi connectivity index (χ3n) is 3.23. The Hall–Kier alpha value is -2.76. The zero-order valence-electron chi connectivity index (χ0n) is 13.7. The van der Waals surface area contributed by atoms with E-state index in [1.54, 1.807) is 32.5 Å². The van der Waals surface area contributed by atoms with E-state index in [1.165, 1.54) is 0 Å². The van der Waals surface area contributed by atoms with E-state index in [-0.39, 0.29) is 11.8 Å². The van der Waals surface area contributed by atoms with Gasteiger partial charge in [-0.1, -0.05) is 13.8 Å². The Morgan fingerprint density at radius 3 is 2.48 bits per heavy atom. The fraction of sp³-hybridized carbons (Fsp3) is 0.294. The summed E-state index contributed by atoms with van der Waals surface area (Å²) in [5, 5.41) is 5.97. The minimum atomic E-state index is -0.0850. The number of carbonyl (C=O) groups is 1. The number of rotatable bonds is 6. The van der Waals surface area contributed by atoms with E-state index in [0.717, 1.165) is 17.1 Å². The topological polar surface area (TPSA) is 72.5 Å². The van der Waals surface area contributed by atoms with Crippen molar-refractivity contribution in [2.45, 2.75) is 13.8 Å². The Labute approximate surface area is 135 Å². The second-order valence-electron chi connectivity index (χ2n) is 5.27. The summed E-state index contributed by atoms with van der Waals surface area (Å²) >= 11 is 0. The lowest BCUT2D eigenvalue weighted by Crippen LogP contribution is -2.18. The van der Waals surface area contributed by atoms with Crippen molar-refractivity contribution in [3.8, 4) is 11.5 Å². The molecule has 6 heteroatoms. The van der Waals surface area contributed by atoms with Gasteiger partial charge in [0.15, 0.2) is 0 Å². The van der Waals surface area contributed by atoms with Crippen molar-refractivity contribution in [1.29, 1.82) is 0 Å². The van der Waals surface area contributed by atoms with Crippen LogP contribution < -0.4 is 20.1 Å². The van der Waals surface area contributed by atoms with Gasteiger partial charge >= 0.3 is 0 Å². The van der Waals surface area contributed by atoms with E-state index in [4.69, 9.17) is 9.47 Å². The average molecular weight is 315 g/mol. The van der Waals surface area contributed by atoms with Gasteiger partial charge in [0.2, 0.25) is 5.91 Å². The van der Waals surface area contributed by atoms with Gasteiger partial charge in [-0.3, -0.25) is 4.79 Å². The first-order valence-electron chi connectivity index (χ1n) is 7.29. The number of benzene rings is 1. The second-order valence-corrected chi connectivity index (χ2v) is 5.27. The van der Waals surface area contributed by atoms with Gasteiger partial charge in [0.1, 0.15) is 17.3 Å². The number of nitrogens with one attached hydrogen (secondary N) is 2. The zero-order chi connectivity index (χ0) is 16.8. The molecule has 1 aromatic carbocycles. The number of methoxy groups -OCH3 is 2. The molecule has 0 aliphatic carbocycles. The van der Waals surface area contributed by atoms with Crippen molar-refractivity contribution in [2.24, 2.45) is 5.92 Å². The van der Waals surface area contributed by atoms with E-state index in [1.807, 2.05) is 32.0 Å². The minimum absolute atomic E-state index is 0.0602. The summed E-state index contributed by atoms with van der Waals surface area (Å²) in [6.45, 7) is 3.67. The highest BCUT2D eigenvalue weighted by Crippen LogP contribution is 2.31. The summed E-state index contributed by atoms with van der Waals surface area (Å²) < 4.78 is 10.5. The van der Waals surface area contributed by atoms with E-state index in [0.29, 0.717) is 11.6 Å². The molecule has 6 nitrogen and oxygen atoms in total. The number of hydrogen-bond acceptors (Lipinski definition) is 5. The number of ether oxygens (including phenoxy) is 2. The summed E-state index contributed by atoms with van der Waals surface area (Å²) in [6, 6.07) is 9.10. The molecule has 0 bridgehead atoms. The minimum Gasteiger partial charge on any atom is -0.497 e. The van der Waals surface area contributed by atoms with Crippen LogP contribution in [0.15, 0.2) is 36.5 Å². The third-order valence-corrected chi connectivity index (χ3v) is 3.23. The van der Waals surface area contributed by atoms with E-state index in [2.05, 4.69) is 15.6 Å². The van der Waals surface area contributed by atoms with Gasteiger partial charge in [0.25, 0.3) is 0 Å². The molecule has 0 radical (unpaired) electrons. The fourth-order valence-corrected chi connectivity index (χ4v) is 1.87. The molecule has 2 N–H and O–H groups in total. The first-order chi connectivity index (χ1) is 11.0. The molecule has 2 rings (SSSR count). The molecule has 0 spiro atoms. The first-order valence-corrected chi connectivity index (χ1v) is 7.29. The smallest absolute Gasteiger partial charge is 0.228 e. The second kappa shape index (κ2) is 7.49. The largest absolute Gasteiger partial charge is 0.497 e. The lowest BCUT2D eigenvalue weighted by molar-refractivity contribution is -0.118. The molecular formula is C17H21N3O3. The van der Waals surface area contributed by atoms with Gasteiger partial charge in [-0.25, -0.2) is 4.98 Å². The maximum atomic E-state index is 11.6. The van der Waals surface area contributed by atoms with Gasteiger partial charge in [0.05, 0.1) is 31.8 Å². The standard InChI is InChI=1S/C17H21N3O3/c1-11(2)17(21)20-16-8-5-12(10-18-16)19-14-7-6-13(22-3)9-15(14)23-4/h5-11,19H,1-4H3,(H,18,20,21). The van der Waals surface area contributed by atoms with Crippen LogP contribution in [0, 0.1) is 5.92 Å². The molecule has 23 heavy (non-hydrogen) atoms. The number of nitrogens with zero attached hydrogens (tertiary/aromatic N) is 1. The molecule has 1 amide bonds. The SMILES string of the molecule is COc1ccc(Nc2ccc(NC(=O)C(C)C)nc2)c(OC)c1. The van der Waals surface area contributed by atoms with E-state index >= 15 is 0 Å². The van der Waals surface area contributed by atoms with Crippen LogP contribution in [0.2, 0.25) is 0 Å². The summed E-state index contributed by atoms with van der Waals surface area (Å²) in [5.74, 6) is 1.77. The Bertz CT molecular complexity index is 669. The van der Waals surface area contributed by atoms with E-state index in [9.17, 15) is 4.79 Å². The van der Waals surface area contributed by atoms with Crippen LogP contribution in [0.1, 0.15) is 13.8 Å². The highest BCUT2D eigenvalue weighted by molar-refractivity contribution is 5.91. The van der Waals surface area contributed by atoms with Crippen molar-refractivity contribution in [2.75, 3.05) is 24.9 Å². The monoisotopic (exact) mass is 315 g/mol. The van der Waals surface area contributed by atoms with Crippen LogP contribution >= 0.6 is 0 Å². The van der Waals surface area contributed by atoms with Crippen LogP contribution in [0.4, 0.5) is 17.2 Å². The van der Waals surface area contributed by atoms with Crippen LogP contribution in [0.5, 0.6) is 11.5 Å². The molecule has 0 saturated carbocycles. The Morgan fingerprint density at radius 1 is 1.13 bits per heavy atom. The molecule has 1 heterocycles. The number of pyridine rings is 1. The van der Waals surface area contributed by atoms with Gasteiger partial charge in [-0.2, -0.15) is 0 Å². The average Bonchev–Trinajstić information content (AvgIpc) is 2.56. The first kappa shape index (κ1) is 16.6. The number of aromatic nitrogens is 1. The molecule has 0 unspecified atom stereocenters. The van der Waals surface area contributed by atoms with Crippen LogP contribution in [-0.2, 0) is 4.79 Å². The van der Waals surface area contributed by atoms with Crippen molar-refractivity contribution in [3.63, 3.8) is 0 Å². The van der Waals surface area contributed by atoms with Gasteiger partial charge < -0.3 is 20.1 Å². The van der Waals surface area contributed by atoms with Crippen molar-refractivity contribution >= 4 is 23.1 Å². The summed E-state index contributed by atoms with van der Waals surface area (Å²) in [4.78, 5) is 15.9. The maximum absolute atomic E-state index is 11.6. The van der Waals surface area contributed by atoms with Gasteiger partial charge in [-0.05, 0) is 24.3 Å². The highest BCUT2D eigenvalue weighted by atomic mass is 16.5. The fourth-order valence-electron chi connectivity index (χ4n) is 1.87. The zero-order valence-corrected chi connectivity index (χ0v) is 13.7. The number of anilines is 3. The summed E-state index contributed by atoms with van der Waals surface area (Å²) in [6.07, 6.45) is 1.65. The van der Waals surface area contributed by atoms with Crippen LogP contribution in [0.3, 0.4) is 0 Å². The molecule has 0 saturated heterocycles. The summed E-state index contributed by atoms with van der Waals surface area (Å²) in [5.41, 5.74) is 1.59. The molecule has 0 fully saturated rings. The predicted molar refractivity (Wildman–Crippen MR) is 90.5 cm³/mol. The van der Waals surface area contributed by atoms with Gasteiger partial charge in [-0.15, -0.1) is 0 Å². The number of hydrogen-bond donors (Lipinski definition) is 2. The normalized spacial score (nSPS) is 10.3. The number of amides is 1. The molecule has 2 aromatic rings. The summed E-state index contributed by atoms with van der Waals surface area (Å²) in [7, 11) is 3.21. The number of carbonyl (C=O) groups excluding carboxylic acids is 1. The maximum Gasteiger partial charge on any atom is 0.228 e. The van der Waals surface area contributed by atoms with Crippen LogP contribution in [-0.4, -0.2) is 25.1 Å². The third kappa shape index (κ3) is 4.35. The predicted octanol–water partition coefficient (Wildman–Crippen LogP) is 3.44. The molecule has 0 aliphatic heterocycles. The quantitative estimate of drug-likeness (QED) is 0.854. The molecule has 122 valence electrons. The van der Waals surface area contributed by atoms with E-state index < -0.39 is 0 Å². The molecule has 0 aliphatic rings. The highest BCUT2D eigenvalue weighted by Gasteiger charge is 2.08. The Balaban J connectivity index is 2.10. The lowest BCUT2D eigenvalue weighted by atomic mass is 10.2. The van der Waals surface area contributed by atoms with Gasteiger partial charge in [0, 0.05) is 12.0 Å². The lowest BCUT2D eigenvalue weighted by Gasteiger charge is -2.13. The molecule has 1 aromatic heterocycles. The van der Waals surface area contributed by atoms with Crippen molar-refractivity contribution < 1.29 is 14.3 Å². The molecule has 0 atom stereocenters. The molecular weight excluding hydrogens is 294 g/mol. The van der Waals surface area contributed by atoms with Crippen LogP contribution in [0.25, 0.3) is 0 Å². The van der Waals surface area contributed by atoms with Crippen molar-refractivity contribution in [1.82, 2.24) is 4.98 Å². The van der Waals surface area contributed by atoms with Crippen molar-refractivity contribution in [3.05, 3.63) is 36.5 Å². The Morgan fingerprint density at radius 2 is 1.91 bits per heavy atom. The Kier molecular flexibility index (Phi) is 5.41.